The summed E-state index contributed by atoms with van der Waals surface area (Å²) >= 11 is 6.05. The second kappa shape index (κ2) is 4.94. The van der Waals surface area contributed by atoms with Crippen LogP contribution in [0.25, 0.3) is 0 Å². The van der Waals surface area contributed by atoms with E-state index >= 15 is 0 Å². The fourth-order valence-electron chi connectivity index (χ4n) is 1.77. The maximum absolute atomic E-state index is 11.4. The van der Waals surface area contributed by atoms with Crippen LogP contribution in [0.2, 0.25) is 5.02 Å². The third-order valence-electron chi connectivity index (χ3n) is 2.69. The molecule has 1 aliphatic rings. The Morgan fingerprint density at radius 1 is 1.53 bits per heavy atom. The molecule has 94 valence electrons. The van der Waals surface area contributed by atoms with Gasteiger partial charge in [0.05, 0.1) is 17.7 Å². The number of sulfone groups is 1. The summed E-state index contributed by atoms with van der Waals surface area (Å²) in [5, 5.41) is 3.65. The number of nitrogens with one attached hydrogen (secondary N) is 1. The van der Waals surface area contributed by atoms with Gasteiger partial charge < -0.3 is 4.74 Å². The van der Waals surface area contributed by atoms with Crippen molar-refractivity contribution in [1.29, 1.82) is 0 Å². The molecule has 1 aliphatic heterocycles. The van der Waals surface area contributed by atoms with Gasteiger partial charge in [-0.05, 0) is 23.8 Å². The summed E-state index contributed by atoms with van der Waals surface area (Å²) in [6, 6.07) is 4.77. The van der Waals surface area contributed by atoms with Crippen LogP contribution in [0, 0.1) is 0 Å². The van der Waals surface area contributed by atoms with Crippen LogP contribution >= 0.6 is 11.6 Å². The molecule has 0 saturated carbocycles. The molecule has 0 amide bonds. The van der Waals surface area contributed by atoms with Crippen LogP contribution in [0.15, 0.2) is 23.1 Å². The normalized spacial score (nSPS) is 20.7. The van der Waals surface area contributed by atoms with Gasteiger partial charge in [0.15, 0.2) is 9.84 Å². The van der Waals surface area contributed by atoms with Crippen molar-refractivity contribution < 1.29 is 13.2 Å². The molecular formula is C11H14ClNO3S. The average Bonchev–Trinajstić information content (AvgIpc) is 2.72. The van der Waals surface area contributed by atoms with E-state index in [0.717, 1.165) is 12.1 Å². The molecule has 1 unspecified atom stereocenters. The van der Waals surface area contributed by atoms with E-state index in [1.165, 1.54) is 12.3 Å². The van der Waals surface area contributed by atoms with Crippen molar-refractivity contribution in [3.05, 3.63) is 28.8 Å². The van der Waals surface area contributed by atoms with Crippen LogP contribution in [0.3, 0.4) is 0 Å². The van der Waals surface area contributed by atoms with Gasteiger partial charge in [-0.3, -0.25) is 5.32 Å². The van der Waals surface area contributed by atoms with Gasteiger partial charge in [-0.2, -0.15) is 0 Å². The second-order valence-corrected chi connectivity index (χ2v) is 6.54. The highest BCUT2D eigenvalue weighted by Gasteiger charge is 2.18. The summed E-state index contributed by atoms with van der Waals surface area (Å²) < 4.78 is 28.3. The van der Waals surface area contributed by atoms with Crippen LogP contribution in [-0.2, 0) is 21.0 Å². The van der Waals surface area contributed by atoms with Gasteiger partial charge in [-0.15, -0.1) is 0 Å². The summed E-state index contributed by atoms with van der Waals surface area (Å²) in [6.45, 7) is 1.30. The van der Waals surface area contributed by atoms with Crippen LogP contribution < -0.4 is 5.32 Å². The molecule has 6 heteroatoms. The highest BCUT2D eigenvalue weighted by atomic mass is 35.5. The molecule has 1 fully saturated rings. The van der Waals surface area contributed by atoms with Crippen molar-refractivity contribution in [2.45, 2.75) is 17.4 Å². The second-order valence-electron chi connectivity index (χ2n) is 4.12. The predicted octanol–water partition coefficient (Wildman–Crippen LogP) is 1.23. The zero-order chi connectivity index (χ0) is 12.5. The Labute approximate surface area is 106 Å². The number of ether oxygens (including phenoxy) is 1. The maximum atomic E-state index is 11.4. The monoisotopic (exact) mass is 275 g/mol. The molecule has 2 rings (SSSR count). The molecule has 0 radical (unpaired) electrons. The van der Waals surface area contributed by atoms with Gasteiger partial charge in [0.1, 0.15) is 0 Å². The first-order valence-electron chi connectivity index (χ1n) is 5.27. The quantitative estimate of drug-likeness (QED) is 0.902. The summed E-state index contributed by atoms with van der Waals surface area (Å²) in [6.07, 6.45) is 1.87. The van der Waals surface area contributed by atoms with Gasteiger partial charge in [0, 0.05) is 24.2 Å². The molecular weight excluding hydrogens is 262 g/mol. The molecule has 1 aromatic carbocycles. The molecule has 0 spiro atoms. The zero-order valence-corrected chi connectivity index (χ0v) is 11.0. The largest absolute Gasteiger partial charge is 0.361 e. The highest BCUT2D eigenvalue weighted by Crippen LogP contribution is 2.22. The van der Waals surface area contributed by atoms with Crippen molar-refractivity contribution in [1.82, 2.24) is 5.32 Å². The van der Waals surface area contributed by atoms with Crippen molar-refractivity contribution >= 4 is 21.4 Å². The lowest BCUT2D eigenvalue weighted by Gasteiger charge is -2.11. The zero-order valence-electron chi connectivity index (χ0n) is 9.44. The first-order chi connectivity index (χ1) is 7.97. The Morgan fingerprint density at radius 2 is 2.29 bits per heavy atom. The minimum absolute atomic E-state index is 0.0577. The predicted molar refractivity (Wildman–Crippen MR) is 66.0 cm³/mol. The number of halogens is 1. The van der Waals surface area contributed by atoms with Gasteiger partial charge in [0.2, 0.25) is 0 Å². The summed E-state index contributed by atoms with van der Waals surface area (Å²) in [7, 11) is -3.19. The number of hydrogen-bond acceptors (Lipinski definition) is 4. The van der Waals surface area contributed by atoms with Crippen molar-refractivity contribution in [2.75, 3.05) is 19.5 Å². The standard InChI is InChI=1S/C11H14ClNO3S/c1-17(14,15)10-2-3-11(12)8(5-10)4-9-6-13-7-16-9/h2-3,5,9,13H,4,6-7H2,1H3. The van der Waals surface area contributed by atoms with E-state index in [-0.39, 0.29) is 6.10 Å². The Bertz CT molecular complexity index is 509. The average molecular weight is 276 g/mol. The maximum Gasteiger partial charge on any atom is 0.175 e. The minimum atomic E-state index is -3.19. The smallest absolute Gasteiger partial charge is 0.175 e. The van der Waals surface area contributed by atoms with Crippen molar-refractivity contribution in [2.24, 2.45) is 0 Å². The lowest BCUT2D eigenvalue weighted by Crippen LogP contribution is -2.17. The Hall–Kier alpha value is -0.620. The highest BCUT2D eigenvalue weighted by molar-refractivity contribution is 7.90. The third-order valence-corrected chi connectivity index (χ3v) is 4.16. The Balaban J connectivity index is 2.26. The number of hydrogen-bond donors (Lipinski definition) is 1. The van der Waals surface area contributed by atoms with Gasteiger partial charge >= 0.3 is 0 Å². The summed E-state index contributed by atoms with van der Waals surface area (Å²) in [5.74, 6) is 0. The molecule has 1 N–H and O–H groups in total. The molecule has 1 heterocycles. The SMILES string of the molecule is CS(=O)(=O)c1ccc(Cl)c(CC2CNCO2)c1. The summed E-state index contributed by atoms with van der Waals surface area (Å²) in [4.78, 5) is 0.294. The van der Waals surface area contributed by atoms with Crippen LogP contribution in [-0.4, -0.2) is 34.1 Å². The third kappa shape index (κ3) is 3.19. The number of rotatable bonds is 3. The fraction of sp³-hybridized carbons (Fsp3) is 0.455. The Morgan fingerprint density at radius 3 is 2.88 bits per heavy atom. The van der Waals surface area contributed by atoms with E-state index in [0.29, 0.717) is 23.1 Å². The van der Waals surface area contributed by atoms with E-state index < -0.39 is 9.84 Å². The van der Waals surface area contributed by atoms with Crippen molar-refractivity contribution in [3.63, 3.8) is 0 Å². The van der Waals surface area contributed by atoms with Gasteiger partial charge in [0.25, 0.3) is 0 Å². The van der Waals surface area contributed by atoms with Gasteiger partial charge in [-0.25, -0.2) is 8.42 Å². The lowest BCUT2D eigenvalue weighted by molar-refractivity contribution is 0.113. The van der Waals surface area contributed by atoms with E-state index in [9.17, 15) is 8.42 Å². The topological polar surface area (TPSA) is 55.4 Å². The van der Waals surface area contributed by atoms with Crippen LogP contribution in [0.1, 0.15) is 5.56 Å². The molecule has 1 atom stereocenters. The molecule has 0 bridgehead atoms. The van der Waals surface area contributed by atoms with Crippen LogP contribution in [0.4, 0.5) is 0 Å². The molecule has 4 nitrogen and oxygen atoms in total. The van der Waals surface area contributed by atoms with E-state index in [2.05, 4.69) is 5.32 Å². The summed E-state index contributed by atoms with van der Waals surface area (Å²) in [5.41, 5.74) is 0.809. The first-order valence-corrected chi connectivity index (χ1v) is 7.54. The fourth-order valence-corrected chi connectivity index (χ4v) is 2.64. The van der Waals surface area contributed by atoms with Gasteiger partial charge in [-0.1, -0.05) is 11.6 Å². The molecule has 17 heavy (non-hydrogen) atoms. The molecule has 1 saturated heterocycles. The van der Waals surface area contributed by atoms with E-state index in [1.54, 1.807) is 12.1 Å². The lowest BCUT2D eigenvalue weighted by atomic mass is 10.1. The molecule has 0 aliphatic carbocycles. The first kappa shape index (κ1) is 12.8. The minimum Gasteiger partial charge on any atom is -0.361 e. The molecule has 1 aromatic rings. The number of benzene rings is 1. The van der Waals surface area contributed by atoms with E-state index in [4.69, 9.17) is 16.3 Å². The van der Waals surface area contributed by atoms with Crippen molar-refractivity contribution in [3.8, 4) is 0 Å². The molecule has 0 aromatic heterocycles. The van der Waals surface area contributed by atoms with E-state index in [1.807, 2.05) is 0 Å². The van der Waals surface area contributed by atoms with Crippen LogP contribution in [0.5, 0.6) is 0 Å². The Kier molecular flexibility index (Phi) is 3.73.